The molecule has 0 aliphatic carbocycles. The van der Waals surface area contributed by atoms with Crippen LogP contribution in [-0.2, 0) is 14.3 Å². The number of nitrogens with zero attached hydrogens (tertiary/aromatic N) is 2. The van der Waals surface area contributed by atoms with Crippen LogP contribution in [0.2, 0.25) is 0 Å². The van der Waals surface area contributed by atoms with E-state index in [-0.39, 0.29) is 47.4 Å². The number of aryl methyl sites for hydroxylation is 1. The Kier molecular flexibility index (Phi) is 9.69. The molecule has 4 rings (SSSR count). The van der Waals surface area contributed by atoms with Crippen molar-refractivity contribution in [2.45, 2.75) is 45.9 Å². The second-order valence-electron chi connectivity index (χ2n) is 10.6. The Bertz CT molecular complexity index is 1490. The van der Waals surface area contributed by atoms with Crippen molar-refractivity contribution in [2.24, 2.45) is 5.92 Å². The summed E-state index contributed by atoms with van der Waals surface area (Å²) < 4.78 is 21.7. The number of hydrogen-bond donors (Lipinski definition) is 2. The largest absolute Gasteiger partial charge is 0.493 e. The molecule has 0 unspecified atom stereocenters. The first-order chi connectivity index (χ1) is 20.5. The predicted octanol–water partition coefficient (Wildman–Crippen LogP) is 2.99. The molecule has 2 heterocycles. The van der Waals surface area contributed by atoms with Gasteiger partial charge in [-0.05, 0) is 38.0 Å². The molecule has 0 radical (unpaired) electrons. The highest BCUT2D eigenvalue weighted by Crippen LogP contribution is 2.31. The summed E-state index contributed by atoms with van der Waals surface area (Å²) in [5.74, 6) is -1.67. The van der Waals surface area contributed by atoms with Gasteiger partial charge in [-0.2, -0.15) is 0 Å². The Morgan fingerprint density at radius 1 is 1.05 bits per heavy atom. The van der Waals surface area contributed by atoms with Gasteiger partial charge in [-0.1, -0.05) is 49.3 Å². The highest BCUT2D eigenvalue weighted by molar-refractivity contribution is 6.02. The van der Waals surface area contributed by atoms with Gasteiger partial charge in [0.25, 0.3) is 11.8 Å². The number of ether oxygens (including phenoxy) is 3. The third-order valence-electron chi connectivity index (χ3n) is 7.24. The number of carbonyl (C=O) groups is 4. The summed E-state index contributed by atoms with van der Waals surface area (Å²) in [4.78, 5) is 55.1. The van der Waals surface area contributed by atoms with Gasteiger partial charge < -0.3 is 34.3 Å². The van der Waals surface area contributed by atoms with E-state index in [1.54, 1.807) is 38.1 Å². The number of esters is 1. The lowest BCUT2D eigenvalue weighted by Gasteiger charge is -2.31. The number of hydrogen-bond acceptors (Lipinski definition) is 9. The maximum atomic E-state index is 14.1. The molecule has 1 aromatic heterocycles. The summed E-state index contributed by atoms with van der Waals surface area (Å²) in [5.41, 5.74) is 1.46. The minimum absolute atomic E-state index is 0.00281. The molecule has 228 valence electrons. The lowest BCUT2D eigenvalue weighted by atomic mass is 10.0. The van der Waals surface area contributed by atoms with Gasteiger partial charge in [0.2, 0.25) is 12.0 Å². The van der Waals surface area contributed by atoms with E-state index in [1.807, 2.05) is 32.0 Å². The summed E-state index contributed by atoms with van der Waals surface area (Å²) in [6.07, 6.45) is -1.29. The van der Waals surface area contributed by atoms with Crippen LogP contribution in [0.4, 0.5) is 0 Å². The number of fused-ring (bicyclic) bond motifs is 2. The minimum atomic E-state index is -1.29. The molecule has 3 aromatic rings. The van der Waals surface area contributed by atoms with Crippen molar-refractivity contribution in [3.05, 3.63) is 65.4 Å². The van der Waals surface area contributed by atoms with E-state index in [0.29, 0.717) is 11.3 Å². The molecule has 2 N–H and O–H groups in total. The maximum Gasteiger partial charge on any atom is 0.349 e. The van der Waals surface area contributed by atoms with Crippen molar-refractivity contribution in [1.29, 1.82) is 0 Å². The number of aromatic nitrogens is 1. The first-order valence-electron chi connectivity index (χ1n) is 13.9. The molecule has 1 aliphatic rings. The summed E-state index contributed by atoms with van der Waals surface area (Å²) in [6.45, 7) is 6.63. The smallest absolute Gasteiger partial charge is 0.349 e. The van der Waals surface area contributed by atoms with Crippen molar-refractivity contribution in [3.8, 4) is 22.8 Å². The third kappa shape index (κ3) is 6.96. The Morgan fingerprint density at radius 3 is 2.42 bits per heavy atom. The zero-order valence-electron chi connectivity index (χ0n) is 25.0. The number of benzene rings is 2. The molecular formula is C31H36N4O8. The van der Waals surface area contributed by atoms with Crippen molar-refractivity contribution in [1.82, 2.24) is 20.7 Å². The first-order valence-corrected chi connectivity index (χ1v) is 13.9. The fraction of sp³-hybridized carbons (Fsp3) is 0.387. The molecule has 2 bridgehead atoms. The fourth-order valence-corrected chi connectivity index (χ4v) is 4.77. The summed E-state index contributed by atoms with van der Waals surface area (Å²) >= 11 is 0. The fourth-order valence-electron chi connectivity index (χ4n) is 4.77. The molecule has 12 nitrogen and oxygen atoms in total. The molecular weight excluding hydrogens is 556 g/mol. The molecule has 43 heavy (non-hydrogen) atoms. The molecule has 0 saturated carbocycles. The van der Waals surface area contributed by atoms with Crippen LogP contribution in [0.15, 0.2) is 53.1 Å². The molecule has 0 spiro atoms. The quantitative estimate of drug-likeness (QED) is 0.427. The number of amides is 3. The number of nitrogens with one attached hydrogen (secondary N) is 2. The second-order valence-corrected chi connectivity index (χ2v) is 10.6. The van der Waals surface area contributed by atoms with Gasteiger partial charge in [-0.25, -0.2) is 4.79 Å². The summed E-state index contributed by atoms with van der Waals surface area (Å²) in [7, 11) is 2.63. The van der Waals surface area contributed by atoms with E-state index in [2.05, 4.69) is 15.8 Å². The number of methoxy groups -OCH3 is 2. The average Bonchev–Trinajstić information content (AvgIpc) is 3.38. The van der Waals surface area contributed by atoms with Crippen LogP contribution >= 0.6 is 0 Å². The topological polar surface area (TPSA) is 149 Å². The van der Waals surface area contributed by atoms with E-state index < -0.39 is 41.9 Å². The van der Waals surface area contributed by atoms with Crippen molar-refractivity contribution in [3.63, 3.8) is 0 Å². The zero-order valence-corrected chi connectivity index (χ0v) is 25.0. The van der Waals surface area contributed by atoms with Crippen LogP contribution in [-0.4, -0.2) is 79.2 Å². The van der Waals surface area contributed by atoms with Gasteiger partial charge in [-0.3, -0.25) is 14.4 Å². The van der Waals surface area contributed by atoms with Crippen molar-refractivity contribution < 1.29 is 37.9 Å². The van der Waals surface area contributed by atoms with E-state index in [0.717, 1.165) is 0 Å². The highest BCUT2D eigenvalue weighted by Gasteiger charge is 2.34. The van der Waals surface area contributed by atoms with Crippen LogP contribution < -0.4 is 20.1 Å². The first kappa shape index (κ1) is 31.1. The van der Waals surface area contributed by atoms with Gasteiger partial charge in [0.1, 0.15) is 17.0 Å². The molecule has 3 amide bonds. The van der Waals surface area contributed by atoms with Crippen molar-refractivity contribution in [2.75, 3.05) is 27.3 Å². The van der Waals surface area contributed by atoms with E-state index >= 15 is 0 Å². The van der Waals surface area contributed by atoms with Gasteiger partial charge in [0.15, 0.2) is 11.5 Å². The third-order valence-corrected chi connectivity index (χ3v) is 7.24. The number of rotatable bonds is 5. The van der Waals surface area contributed by atoms with E-state index in [4.69, 9.17) is 18.7 Å². The molecule has 0 fully saturated rings. The van der Waals surface area contributed by atoms with Crippen LogP contribution in [0.3, 0.4) is 0 Å². The van der Waals surface area contributed by atoms with Crippen LogP contribution in [0.1, 0.15) is 47.2 Å². The normalized spacial score (nSPS) is 19.5. The molecule has 2 aromatic carbocycles. The standard InChI is InChI=1S/C31H36N4O8/c1-17(2)22-15-35(30(38)26-19(4)43-34-27(26)20-10-8-7-9-11-20)16-25(36)32-18(3)28(31(39)41-6)42-24-14-21(29(37)33-22)12-13-23(24)40-5/h7-14,17-18,22,28H,15-16H2,1-6H3,(H,32,36)(H,33,37)/t18-,22+,28+/m0/s1. The number of carbonyl (C=O) groups excluding carboxylic acids is 4. The SMILES string of the molecule is COC(=O)[C@@H]1Oc2cc(ccc2OC)C(=O)N[C@@H](C(C)C)CN(C(=O)c2c(-c3ccccc3)noc2C)CC(=O)N[C@H]1C. The van der Waals surface area contributed by atoms with Crippen molar-refractivity contribution >= 4 is 23.7 Å². The van der Waals surface area contributed by atoms with E-state index in [9.17, 15) is 19.2 Å². The van der Waals surface area contributed by atoms with Crippen LogP contribution in [0, 0.1) is 12.8 Å². The zero-order chi connectivity index (χ0) is 31.3. The van der Waals surface area contributed by atoms with Crippen LogP contribution in [0.5, 0.6) is 11.5 Å². The van der Waals surface area contributed by atoms with Gasteiger partial charge >= 0.3 is 5.97 Å². The minimum Gasteiger partial charge on any atom is -0.493 e. The monoisotopic (exact) mass is 592 g/mol. The van der Waals surface area contributed by atoms with Gasteiger partial charge in [-0.15, -0.1) is 0 Å². The van der Waals surface area contributed by atoms with Gasteiger partial charge in [0.05, 0.1) is 26.8 Å². The second kappa shape index (κ2) is 13.4. The Morgan fingerprint density at radius 2 is 1.77 bits per heavy atom. The Balaban J connectivity index is 1.78. The Labute approximate surface area is 249 Å². The average molecular weight is 593 g/mol. The molecule has 1 aliphatic heterocycles. The maximum absolute atomic E-state index is 14.1. The molecule has 0 saturated heterocycles. The molecule has 3 atom stereocenters. The summed E-state index contributed by atoms with van der Waals surface area (Å²) in [5, 5.41) is 9.87. The molecule has 12 heteroatoms. The lowest BCUT2D eigenvalue weighted by molar-refractivity contribution is -0.150. The summed E-state index contributed by atoms with van der Waals surface area (Å²) in [6, 6.07) is 12.2. The van der Waals surface area contributed by atoms with E-state index in [1.165, 1.54) is 25.2 Å². The predicted molar refractivity (Wildman–Crippen MR) is 156 cm³/mol. The lowest BCUT2D eigenvalue weighted by Crippen LogP contribution is -2.54. The van der Waals surface area contributed by atoms with Crippen LogP contribution in [0.25, 0.3) is 11.3 Å². The highest BCUT2D eigenvalue weighted by atomic mass is 16.6. The Hall–Kier alpha value is -4.87. The van der Waals surface area contributed by atoms with Gasteiger partial charge in [0, 0.05) is 23.7 Å².